The molecule has 31 heavy (non-hydrogen) atoms. The summed E-state index contributed by atoms with van der Waals surface area (Å²) in [5.41, 5.74) is 2.71. The molecule has 1 fully saturated rings. The first-order valence-corrected chi connectivity index (χ1v) is 10.3. The standard InChI is InChI=1S/C21H19ClN6O3/c22-15-3-1-2-13-14(15)12-28(21(13)30)18-11-25-20(31-18)19(29)26-16-10-24-5-4-17(16)27-8-6-23-7-9-27/h1-5,10-11,23H,6-9,12H2,(H,26,29). The van der Waals surface area contributed by atoms with Gasteiger partial charge in [-0.1, -0.05) is 17.7 Å². The van der Waals surface area contributed by atoms with Crippen LogP contribution < -0.4 is 20.4 Å². The molecule has 0 bridgehead atoms. The normalized spacial score (nSPS) is 15.8. The summed E-state index contributed by atoms with van der Waals surface area (Å²) in [5, 5.41) is 6.64. The predicted molar refractivity (Wildman–Crippen MR) is 116 cm³/mol. The molecule has 1 aromatic carbocycles. The Morgan fingerprint density at radius 2 is 2.03 bits per heavy atom. The van der Waals surface area contributed by atoms with Gasteiger partial charge < -0.3 is 20.0 Å². The first kappa shape index (κ1) is 19.5. The second-order valence-electron chi connectivity index (χ2n) is 7.24. The van der Waals surface area contributed by atoms with Crippen molar-refractivity contribution < 1.29 is 14.0 Å². The number of amides is 2. The molecule has 0 atom stereocenters. The molecule has 4 heterocycles. The molecule has 0 saturated carbocycles. The quantitative estimate of drug-likeness (QED) is 0.645. The Morgan fingerprint density at radius 1 is 1.19 bits per heavy atom. The Kier molecular flexibility index (Phi) is 5.05. The zero-order valence-corrected chi connectivity index (χ0v) is 17.2. The number of carbonyl (C=O) groups is 2. The number of fused-ring (bicyclic) bond motifs is 1. The Morgan fingerprint density at radius 3 is 2.84 bits per heavy atom. The minimum Gasteiger partial charge on any atom is -0.416 e. The molecule has 2 amide bonds. The monoisotopic (exact) mass is 438 g/mol. The van der Waals surface area contributed by atoms with Gasteiger partial charge >= 0.3 is 5.91 Å². The van der Waals surface area contributed by atoms with Gasteiger partial charge in [-0.3, -0.25) is 19.5 Å². The average Bonchev–Trinajstić information content (AvgIpc) is 3.41. The Hall–Kier alpha value is -3.43. The Bertz CT molecular complexity index is 1160. The van der Waals surface area contributed by atoms with Crippen molar-refractivity contribution in [1.29, 1.82) is 0 Å². The summed E-state index contributed by atoms with van der Waals surface area (Å²) in [5.74, 6) is -0.706. The van der Waals surface area contributed by atoms with Gasteiger partial charge in [0.25, 0.3) is 11.8 Å². The third-order valence-electron chi connectivity index (χ3n) is 5.37. The molecule has 2 aromatic heterocycles. The number of hydrogen-bond donors (Lipinski definition) is 2. The SMILES string of the molecule is O=C(Nc1cnccc1N1CCNCC1)c1ncc(N2Cc3c(Cl)cccc3C2=O)o1. The number of rotatable bonds is 4. The number of hydrogen-bond acceptors (Lipinski definition) is 7. The summed E-state index contributed by atoms with van der Waals surface area (Å²) in [6, 6.07) is 7.05. The predicted octanol–water partition coefficient (Wildman–Crippen LogP) is 2.55. The number of anilines is 3. The van der Waals surface area contributed by atoms with Gasteiger partial charge in [0.15, 0.2) is 0 Å². The van der Waals surface area contributed by atoms with E-state index in [9.17, 15) is 9.59 Å². The van der Waals surface area contributed by atoms with Crippen molar-refractivity contribution in [3.05, 3.63) is 64.9 Å². The van der Waals surface area contributed by atoms with Crippen molar-refractivity contribution in [2.45, 2.75) is 6.54 Å². The minimum atomic E-state index is -0.516. The molecule has 0 spiro atoms. The third-order valence-corrected chi connectivity index (χ3v) is 5.72. The molecule has 9 nitrogen and oxygen atoms in total. The van der Waals surface area contributed by atoms with E-state index >= 15 is 0 Å². The van der Waals surface area contributed by atoms with E-state index in [1.807, 2.05) is 6.07 Å². The number of benzene rings is 1. The number of pyridine rings is 1. The van der Waals surface area contributed by atoms with Crippen molar-refractivity contribution in [1.82, 2.24) is 15.3 Å². The van der Waals surface area contributed by atoms with Gasteiger partial charge in [-0.15, -0.1) is 0 Å². The van der Waals surface area contributed by atoms with E-state index in [0.717, 1.165) is 37.4 Å². The second-order valence-corrected chi connectivity index (χ2v) is 7.65. The lowest BCUT2D eigenvalue weighted by molar-refractivity contribution is 0.0972. The maximum Gasteiger partial charge on any atom is 0.311 e. The molecule has 2 aliphatic heterocycles. The summed E-state index contributed by atoms with van der Waals surface area (Å²) < 4.78 is 5.62. The van der Waals surface area contributed by atoms with E-state index in [2.05, 4.69) is 25.5 Å². The smallest absolute Gasteiger partial charge is 0.311 e. The van der Waals surface area contributed by atoms with Crippen LogP contribution in [0.25, 0.3) is 0 Å². The lowest BCUT2D eigenvalue weighted by Gasteiger charge is -2.30. The molecule has 2 N–H and O–H groups in total. The second kappa shape index (κ2) is 8.01. The van der Waals surface area contributed by atoms with Crippen LogP contribution in [0.4, 0.5) is 17.3 Å². The number of piperazine rings is 1. The molecule has 0 radical (unpaired) electrons. The van der Waals surface area contributed by atoms with E-state index in [0.29, 0.717) is 16.3 Å². The maximum absolute atomic E-state index is 12.8. The number of nitrogens with one attached hydrogen (secondary N) is 2. The molecule has 0 unspecified atom stereocenters. The van der Waals surface area contributed by atoms with Gasteiger partial charge in [0.05, 0.1) is 30.3 Å². The summed E-state index contributed by atoms with van der Waals surface area (Å²) in [6.45, 7) is 3.66. The molecule has 158 valence electrons. The Labute approximate surface area is 183 Å². The zero-order valence-electron chi connectivity index (χ0n) is 16.5. The van der Waals surface area contributed by atoms with E-state index in [1.54, 1.807) is 30.6 Å². The maximum atomic E-state index is 12.8. The average molecular weight is 439 g/mol. The fourth-order valence-electron chi connectivity index (χ4n) is 3.81. The highest BCUT2D eigenvalue weighted by atomic mass is 35.5. The largest absolute Gasteiger partial charge is 0.416 e. The van der Waals surface area contributed by atoms with Crippen LogP contribution >= 0.6 is 11.6 Å². The first-order chi connectivity index (χ1) is 15.1. The highest BCUT2D eigenvalue weighted by Crippen LogP contribution is 2.33. The van der Waals surface area contributed by atoms with Gasteiger partial charge in [-0.2, -0.15) is 0 Å². The summed E-state index contributed by atoms with van der Waals surface area (Å²) in [6.07, 6.45) is 4.66. The minimum absolute atomic E-state index is 0.139. The third kappa shape index (κ3) is 3.62. The van der Waals surface area contributed by atoms with Crippen LogP contribution in [-0.4, -0.2) is 48.0 Å². The molecule has 5 rings (SSSR count). The zero-order chi connectivity index (χ0) is 21.4. The highest BCUT2D eigenvalue weighted by molar-refractivity contribution is 6.32. The molecular formula is C21H19ClN6O3. The fourth-order valence-corrected chi connectivity index (χ4v) is 4.04. The van der Waals surface area contributed by atoms with Gasteiger partial charge in [-0.25, -0.2) is 4.98 Å². The number of oxazole rings is 1. The summed E-state index contributed by atoms with van der Waals surface area (Å²) >= 11 is 6.21. The number of aromatic nitrogens is 2. The fraction of sp³-hybridized carbons (Fsp3) is 0.238. The van der Waals surface area contributed by atoms with Crippen LogP contribution in [0.5, 0.6) is 0 Å². The van der Waals surface area contributed by atoms with Gasteiger partial charge in [0.2, 0.25) is 5.88 Å². The van der Waals surface area contributed by atoms with Crippen molar-refractivity contribution in [3.8, 4) is 0 Å². The molecule has 3 aromatic rings. The lowest BCUT2D eigenvalue weighted by Crippen LogP contribution is -2.43. The number of nitrogens with zero attached hydrogens (tertiary/aromatic N) is 4. The topological polar surface area (TPSA) is 104 Å². The lowest BCUT2D eigenvalue weighted by atomic mass is 10.1. The van der Waals surface area contributed by atoms with Gasteiger partial charge in [0.1, 0.15) is 0 Å². The van der Waals surface area contributed by atoms with Crippen LogP contribution in [0, 0.1) is 0 Å². The van der Waals surface area contributed by atoms with Gasteiger partial charge in [-0.05, 0) is 18.2 Å². The van der Waals surface area contributed by atoms with Crippen LogP contribution in [0.1, 0.15) is 26.6 Å². The van der Waals surface area contributed by atoms with E-state index < -0.39 is 5.91 Å². The van der Waals surface area contributed by atoms with Crippen LogP contribution in [-0.2, 0) is 6.54 Å². The Balaban J connectivity index is 1.34. The number of halogens is 1. The van der Waals surface area contributed by atoms with Crippen molar-refractivity contribution >= 4 is 40.7 Å². The van der Waals surface area contributed by atoms with E-state index in [4.69, 9.17) is 16.0 Å². The molecule has 10 heteroatoms. The molecule has 0 aliphatic carbocycles. The molecule has 2 aliphatic rings. The van der Waals surface area contributed by atoms with E-state index in [-0.39, 0.29) is 24.2 Å². The van der Waals surface area contributed by atoms with Crippen LogP contribution in [0.2, 0.25) is 5.02 Å². The van der Waals surface area contributed by atoms with Crippen LogP contribution in [0.3, 0.4) is 0 Å². The summed E-state index contributed by atoms with van der Waals surface area (Å²) in [4.78, 5) is 37.3. The van der Waals surface area contributed by atoms with Gasteiger partial charge in [0, 0.05) is 48.5 Å². The van der Waals surface area contributed by atoms with Crippen molar-refractivity contribution in [2.24, 2.45) is 0 Å². The molecule has 1 saturated heterocycles. The summed E-state index contributed by atoms with van der Waals surface area (Å²) in [7, 11) is 0. The highest BCUT2D eigenvalue weighted by Gasteiger charge is 2.32. The number of carbonyl (C=O) groups excluding carboxylic acids is 2. The van der Waals surface area contributed by atoms with E-state index in [1.165, 1.54) is 11.1 Å². The molecular weight excluding hydrogens is 420 g/mol. The van der Waals surface area contributed by atoms with Crippen molar-refractivity contribution in [2.75, 3.05) is 41.3 Å². The van der Waals surface area contributed by atoms with Crippen LogP contribution in [0.15, 0.2) is 47.3 Å². The van der Waals surface area contributed by atoms with Crippen molar-refractivity contribution in [3.63, 3.8) is 0 Å². The first-order valence-electron chi connectivity index (χ1n) is 9.88.